The standard InChI is InChI=1S/C18H17IN4O.C8H8N2.CH4/c19-13-1-6-17-16(11-13)18(21-12-20-17)22-14-2-4-15(5-3-14)23-7-9-24-10-8-23;1-6-2-3-8(10)7(4-6)5-9;/h1-6,11-12H,7-10H2,(H,20,21,22);2-4H,10H2,1H3;1H4. The van der Waals surface area contributed by atoms with Gasteiger partial charge >= 0.3 is 0 Å². The second-order valence-electron chi connectivity index (χ2n) is 7.86. The summed E-state index contributed by atoms with van der Waals surface area (Å²) < 4.78 is 6.57. The Balaban J connectivity index is 0.000000264. The molecule has 0 aliphatic carbocycles. The number of aromatic nitrogens is 2. The first-order chi connectivity index (χ1) is 16.5. The summed E-state index contributed by atoms with van der Waals surface area (Å²) in [6, 6.07) is 22.0. The number of hydrogen-bond donors (Lipinski definition) is 2. The highest BCUT2D eigenvalue weighted by Crippen LogP contribution is 2.26. The first-order valence-corrected chi connectivity index (χ1v) is 12.0. The average molecular weight is 580 g/mol. The van der Waals surface area contributed by atoms with Gasteiger partial charge in [-0.1, -0.05) is 13.5 Å². The number of aryl methyl sites for hydroxylation is 1. The van der Waals surface area contributed by atoms with Crippen LogP contribution in [0, 0.1) is 21.8 Å². The van der Waals surface area contributed by atoms with Crippen molar-refractivity contribution in [1.82, 2.24) is 9.97 Å². The molecule has 0 unspecified atom stereocenters. The number of hydrogen-bond acceptors (Lipinski definition) is 7. The van der Waals surface area contributed by atoms with Gasteiger partial charge in [-0.15, -0.1) is 0 Å². The summed E-state index contributed by atoms with van der Waals surface area (Å²) in [5.74, 6) is 0.831. The summed E-state index contributed by atoms with van der Waals surface area (Å²) in [6.07, 6.45) is 1.60. The number of nitriles is 1. The molecule has 7 nitrogen and oxygen atoms in total. The molecule has 0 spiro atoms. The maximum Gasteiger partial charge on any atom is 0.141 e. The molecule has 0 saturated carbocycles. The van der Waals surface area contributed by atoms with E-state index in [2.05, 4.69) is 79.2 Å². The summed E-state index contributed by atoms with van der Waals surface area (Å²) in [5, 5.41) is 12.9. The first kappa shape index (κ1) is 26.2. The number of anilines is 4. The number of morpholine rings is 1. The van der Waals surface area contributed by atoms with Gasteiger partial charge in [-0.3, -0.25) is 0 Å². The third-order valence-corrected chi connectivity index (χ3v) is 6.10. The molecule has 1 saturated heterocycles. The Morgan fingerprint density at radius 2 is 1.77 bits per heavy atom. The van der Waals surface area contributed by atoms with E-state index < -0.39 is 0 Å². The zero-order valence-electron chi connectivity index (χ0n) is 18.8. The van der Waals surface area contributed by atoms with E-state index in [-0.39, 0.29) is 7.43 Å². The van der Waals surface area contributed by atoms with Crippen LogP contribution in [0.2, 0.25) is 0 Å². The summed E-state index contributed by atoms with van der Waals surface area (Å²) >= 11 is 2.31. The van der Waals surface area contributed by atoms with Gasteiger partial charge in [-0.2, -0.15) is 5.26 Å². The highest BCUT2D eigenvalue weighted by Gasteiger charge is 2.11. The molecule has 8 heteroatoms. The number of benzene rings is 3. The van der Waals surface area contributed by atoms with Crippen molar-refractivity contribution in [2.45, 2.75) is 14.4 Å². The molecule has 0 bridgehead atoms. The fourth-order valence-corrected chi connectivity index (χ4v) is 4.10. The van der Waals surface area contributed by atoms with Crippen LogP contribution in [0.4, 0.5) is 22.9 Å². The topological polar surface area (TPSA) is 100 Å². The normalized spacial score (nSPS) is 12.7. The highest BCUT2D eigenvalue weighted by molar-refractivity contribution is 14.1. The van der Waals surface area contributed by atoms with Crippen LogP contribution in [0.1, 0.15) is 18.6 Å². The van der Waals surface area contributed by atoms with Crippen molar-refractivity contribution < 1.29 is 4.74 Å². The molecule has 4 aromatic rings. The number of ether oxygens (including phenoxy) is 1. The predicted molar refractivity (Wildman–Crippen MR) is 152 cm³/mol. The van der Waals surface area contributed by atoms with E-state index >= 15 is 0 Å². The molecule has 5 rings (SSSR count). The Bertz CT molecular complexity index is 1310. The number of nitrogens with zero attached hydrogens (tertiary/aromatic N) is 4. The number of nitrogens with two attached hydrogens (primary N) is 1. The van der Waals surface area contributed by atoms with E-state index in [0.717, 1.165) is 54.3 Å². The van der Waals surface area contributed by atoms with Crippen molar-refractivity contribution in [3.8, 4) is 6.07 Å². The lowest BCUT2D eigenvalue weighted by Crippen LogP contribution is -2.36. The van der Waals surface area contributed by atoms with Gasteiger partial charge < -0.3 is 20.7 Å². The summed E-state index contributed by atoms with van der Waals surface area (Å²) in [7, 11) is 0. The van der Waals surface area contributed by atoms with Crippen molar-refractivity contribution in [2.24, 2.45) is 0 Å². The smallest absolute Gasteiger partial charge is 0.141 e. The average Bonchev–Trinajstić information content (AvgIpc) is 2.87. The first-order valence-electron chi connectivity index (χ1n) is 10.9. The Morgan fingerprint density at radius 3 is 2.46 bits per heavy atom. The van der Waals surface area contributed by atoms with Crippen LogP contribution in [0.25, 0.3) is 10.9 Å². The molecule has 0 atom stereocenters. The number of nitrogen functional groups attached to an aromatic ring is 1. The SMILES string of the molecule is C.Cc1ccc(N)c(C#N)c1.Ic1ccc2ncnc(Nc3ccc(N4CCOCC4)cc3)c2c1. The number of rotatable bonds is 3. The molecule has 1 aliphatic rings. The van der Waals surface area contributed by atoms with Crippen LogP contribution < -0.4 is 16.0 Å². The largest absolute Gasteiger partial charge is 0.398 e. The monoisotopic (exact) mass is 580 g/mol. The third kappa shape index (κ3) is 6.81. The van der Waals surface area contributed by atoms with Crippen LogP contribution in [0.5, 0.6) is 0 Å². The maximum absolute atomic E-state index is 8.51. The Kier molecular flexibility index (Phi) is 9.23. The molecule has 0 radical (unpaired) electrons. The zero-order valence-corrected chi connectivity index (χ0v) is 21.0. The fourth-order valence-electron chi connectivity index (χ4n) is 3.61. The molecule has 3 N–H and O–H groups in total. The summed E-state index contributed by atoms with van der Waals surface area (Å²) in [4.78, 5) is 11.1. The Hall–Kier alpha value is -3.42. The van der Waals surface area contributed by atoms with Gasteiger partial charge in [-0.25, -0.2) is 9.97 Å². The molecule has 1 fully saturated rings. The van der Waals surface area contributed by atoms with Crippen LogP contribution in [-0.2, 0) is 4.74 Å². The van der Waals surface area contributed by atoms with E-state index in [0.29, 0.717) is 11.3 Å². The van der Waals surface area contributed by atoms with Crippen molar-refractivity contribution in [3.63, 3.8) is 0 Å². The molecule has 1 aromatic heterocycles. The van der Waals surface area contributed by atoms with E-state index in [1.165, 1.54) is 9.26 Å². The van der Waals surface area contributed by atoms with Gasteiger partial charge in [0.25, 0.3) is 0 Å². The molecule has 35 heavy (non-hydrogen) atoms. The van der Waals surface area contributed by atoms with Crippen LogP contribution in [0.15, 0.2) is 67.0 Å². The van der Waals surface area contributed by atoms with Crippen molar-refractivity contribution in [3.05, 3.63) is 81.7 Å². The van der Waals surface area contributed by atoms with Gasteiger partial charge in [0.1, 0.15) is 18.2 Å². The van der Waals surface area contributed by atoms with Gasteiger partial charge in [0.15, 0.2) is 0 Å². The Labute approximate surface area is 220 Å². The highest BCUT2D eigenvalue weighted by atomic mass is 127. The van der Waals surface area contributed by atoms with Gasteiger partial charge in [0.05, 0.1) is 24.3 Å². The van der Waals surface area contributed by atoms with Crippen LogP contribution in [-0.4, -0.2) is 36.3 Å². The molecule has 180 valence electrons. The number of nitrogens with one attached hydrogen (secondary N) is 1. The van der Waals surface area contributed by atoms with Crippen molar-refractivity contribution in [1.29, 1.82) is 5.26 Å². The summed E-state index contributed by atoms with van der Waals surface area (Å²) in [6.45, 7) is 5.42. The maximum atomic E-state index is 8.51. The number of fused-ring (bicyclic) bond motifs is 1. The minimum Gasteiger partial charge on any atom is -0.398 e. The Morgan fingerprint density at radius 1 is 1.03 bits per heavy atom. The van der Waals surface area contributed by atoms with Crippen LogP contribution in [0.3, 0.4) is 0 Å². The summed E-state index contributed by atoms with van der Waals surface area (Å²) in [5.41, 5.74) is 10.8. The zero-order chi connectivity index (χ0) is 23.9. The van der Waals surface area contributed by atoms with Gasteiger partial charge in [0, 0.05) is 39.1 Å². The lowest BCUT2D eigenvalue weighted by Gasteiger charge is -2.28. The van der Waals surface area contributed by atoms with Crippen molar-refractivity contribution >= 4 is 56.4 Å². The fraction of sp³-hybridized carbons (Fsp3) is 0.222. The van der Waals surface area contributed by atoms with E-state index in [4.69, 9.17) is 15.7 Å². The minimum atomic E-state index is 0. The quantitative estimate of drug-likeness (QED) is 0.230. The van der Waals surface area contributed by atoms with Crippen molar-refractivity contribution in [2.75, 3.05) is 42.3 Å². The second kappa shape index (κ2) is 12.3. The lowest BCUT2D eigenvalue weighted by atomic mass is 10.1. The minimum absolute atomic E-state index is 0. The molecular weight excluding hydrogens is 551 g/mol. The van der Waals surface area contributed by atoms with Crippen LogP contribution >= 0.6 is 22.6 Å². The third-order valence-electron chi connectivity index (χ3n) is 5.43. The molecular formula is C27H29IN6O. The molecule has 0 amide bonds. The van der Waals surface area contributed by atoms with E-state index in [1.807, 2.05) is 25.1 Å². The molecule has 1 aliphatic heterocycles. The number of halogens is 1. The van der Waals surface area contributed by atoms with Gasteiger partial charge in [-0.05, 0) is 89.7 Å². The van der Waals surface area contributed by atoms with E-state index in [1.54, 1.807) is 18.5 Å². The molecule has 2 heterocycles. The lowest BCUT2D eigenvalue weighted by molar-refractivity contribution is 0.122. The van der Waals surface area contributed by atoms with E-state index in [9.17, 15) is 0 Å². The van der Waals surface area contributed by atoms with Gasteiger partial charge in [0.2, 0.25) is 0 Å². The molecule has 3 aromatic carbocycles. The second-order valence-corrected chi connectivity index (χ2v) is 9.10. The predicted octanol–water partition coefficient (Wildman–Crippen LogP) is 5.90.